The van der Waals surface area contributed by atoms with Crippen LogP contribution in [0.5, 0.6) is 0 Å². The maximum atomic E-state index is 11.9. The minimum atomic E-state index is -1.80. The van der Waals surface area contributed by atoms with E-state index < -0.39 is 41.9 Å². The summed E-state index contributed by atoms with van der Waals surface area (Å²) in [5.41, 5.74) is -2.83. The first-order valence-electron chi connectivity index (χ1n) is 6.37. The van der Waals surface area contributed by atoms with Crippen LogP contribution < -0.4 is 11.2 Å². The average molecular weight is 296 g/mol. The van der Waals surface area contributed by atoms with Crippen molar-refractivity contribution in [2.24, 2.45) is 0 Å². The van der Waals surface area contributed by atoms with Gasteiger partial charge in [-0.05, 0) is 6.42 Å². The molecule has 4 N–H and O–H groups in total. The lowest BCUT2D eigenvalue weighted by molar-refractivity contribution is -0.0937. The highest BCUT2D eigenvalue weighted by molar-refractivity contribution is 5.18. The number of nitrogens with zero attached hydrogens (tertiary/aromatic N) is 1. The summed E-state index contributed by atoms with van der Waals surface area (Å²) < 4.78 is 6.28. The number of aromatic nitrogens is 2. The maximum Gasteiger partial charge on any atom is 0.330 e. The van der Waals surface area contributed by atoms with Gasteiger partial charge in [0.25, 0.3) is 5.56 Å². The summed E-state index contributed by atoms with van der Waals surface area (Å²) in [6.07, 6.45) is 2.44. The minimum Gasteiger partial charge on any atom is -0.392 e. The normalized spacial score (nSPS) is 32.0. The van der Waals surface area contributed by atoms with Gasteiger partial charge in [0.15, 0.2) is 11.8 Å². The molecular weight excluding hydrogens is 280 g/mol. The van der Waals surface area contributed by atoms with Crippen molar-refractivity contribution in [3.8, 4) is 12.3 Å². The van der Waals surface area contributed by atoms with E-state index in [1.807, 2.05) is 0 Å². The average Bonchev–Trinajstić information content (AvgIpc) is 2.73. The standard InChI is InChI=1S/C13H16N2O6/c1-3-7-5-15(12(20)14-10(7)19)11-8(17)9(18)13(4-2,6-16)21-11/h2,5,8-9,11,16-18H,3,6H2,1H3,(H,14,19,20)/t8-,9-,11?,13+/m0/s1. The van der Waals surface area contributed by atoms with E-state index in [0.717, 1.165) is 4.57 Å². The SMILES string of the molecule is C#C[C@]1(CO)OC(n2cc(CC)c(=O)[nH]c2=O)[C@@H](O)[C@@H]1O. The van der Waals surface area contributed by atoms with Crippen LogP contribution >= 0.6 is 0 Å². The zero-order valence-electron chi connectivity index (χ0n) is 11.3. The molecule has 1 aliphatic rings. The van der Waals surface area contributed by atoms with Crippen LogP contribution in [-0.2, 0) is 11.2 Å². The summed E-state index contributed by atoms with van der Waals surface area (Å²) in [6.45, 7) is 0.997. The van der Waals surface area contributed by atoms with Gasteiger partial charge in [-0.2, -0.15) is 0 Å². The van der Waals surface area contributed by atoms with Crippen molar-refractivity contribution in [1.82, 2.24) is 9.55 Å². The van der Waals surface area contributed by atoms with Gasteiger partial charge >= 0.3 is 5.69 Å². The van der Waals surface area contributed by atoms with Gasteiger partial charge in [0.1, 0.15) is 12.2 Å². The molecule has 1 unspecified atom stereocenters. The molecule has 0 aromatic carbocycles. The largest absolute Gasteiger partial charge is 0.392 e. The van der Waals surface area contributed by atoms with Gasteiger partial charge in [0.2, 0.25) is 0 Å². The molecular formula is C13H16N2O6. The van der Waals surface area contributed by atoms with Crippen molar-refractivity contribution < 1.29 is 20.1 Å². The van der Waals surface area contributed by atoms with Gasteiger partial charge < -0.3 is 20.1 Å². The molecule has 8 heteroatoms. The first-order valence-corrected chi connectivity index (χ1v) is 6.37. The second-order valence-electron chi connectivity index (χ2n) is 4.81. The van der Waals surface area contributed by atoms with Crippen molar-refractivity contribution in [1.29, 1.82) is 0 Å². The molecule has 0 aliphatic carbocycles. The van der Waals surface area contributed by atoms with Gasteiger partial charge in [0, 0.05) is 11.8 Å². The molecule has 4 atom stereocenters. The molecule has 21 heavy (non-hydrogen) atoms. The lowest BCUT2D eigenvalue weighted by atomic mass is 9.97. The number of rotatable bonds is 3. The second-order valence-corrected chi connectivity index (χ2v) is 4.81. The van der Waals surface area contributed by atoms with E-state index >= 15 is 0 Å². The Hall–Kier alpha value is -1.92. The number of terminal acetylenes is 1. The number of ether oxygens (including phenoxy) is 1. The van der Waals surface area contributed by atoms with E-state index in [2.05, 4.69) is 10.9 Å². The molecule has 8 nitrogen and oxygen atoms in total. The first kappa shape index (κ1) is 15.5. The summed E-state index contributed by atoms with van der Waals surface area (Å²) in [6, 6.07) is 0. The molecule has 1 fully saturated rings. The molecule has 0 radical (unpaired) electrons. The molecule has 1 aromatic heterocycles. The van der Waals surface area contributed by atoms with E-state index in [1.165, 1.54) is 6.20 Å². The van der Waals surface area contributed by atoms with Gasteiger partial charge in [-0.1, -0.05) is 12.8 Å². The van der Waals surface area contributed by atoms with E-state index in [9.17, 15) is 24.9 Å². The van der Waals surface area contributed by atoms with Crippen LogP contribution in [0.3, 0.4) is 0 Å². The summed E-state index contributed by atoms with van der Waals surface area (Å²) in [4.78, 5) is 25.5. The zero-order valence-corrected chi connectivity index (χ0v) is 11.3. The summed E-state index contributed by atoms with van der Waals surface area (Å²) in [7, 11) is 0. The first-order chi connectivity index (χ1) is 9.90. The van der Waals surface area contributed by atoms with Gasteiger partial charge in [-0.3, -0.25) is 14.3 Å². The van der Waals surface area contributed by atoms with E-state index in [0.29, 0.717) is 12.0 Å². The summed E-state index contributed by atoms with van der Waals surface area (Å²) >= 11 is 0. The fraction of sp³-hybridized carbons (Fsp3) is 0.538. The fourth-order valence-electron chi connectivity index (χ4n) is 2.27. The predicted octanol–water partition coefficient (Wildman–Crippen LogP) is -2.29. The third-order valence-corrected chi connectivity index (χ3v) is 3.60. The van der Waals surface area contributed by atoms with Crippen LogP contribution in [0.2, 0.25) is 0 Å². The number of aryl methyl sites for hydroxylation is 1. The molecule has 0 bridgehead atoms. The fourth-order valence-corrected chi connectivity index (χ4v) is 2.27. The second kappa shape index (κ2) is 5.46. The third-order valence-electron chi connectivity index (χ3n) is 3.60. The highest BCUT2D eigenvalue weighted by Crippen LogP contribution is 2.35. The Morgan fingerprint density at radius 2 is 2.19 bits per heavy atom. The molecule has 1 saturated heterocycles. The number of hydrogen-bond donors (Lipinski definition) is 4. The van der Waals surface area contributed by atoms with Crippen molar-refractivity contribution in [2.75, 3.05) is 6.61 Å². The Balaban J connectivity index is 2.52. The molecule has 1 aromatic rings. The Bertz CT molecular complexity index is 687. The Labute approximate surface area is 119 Å². The number of aromatic amines is 1. The van der Waals surface area contributed by atoms with E-state index in [4.69, 9.17) is 11.2 Å². The smallest absolute Gasteiger partial charge is 0.330 e. The van der Waals surface area contributed by atoms with Crippen LogP contribution in [0.4, 0.5) is 0 Å². The summed E-state index contributed by atoms with van der Waals surface area (Å²) in [5, 5.41) is 29.3. The third kappa shape index (κ3) is 2.30. The van der Waals surface area contributed by atoms with Crippen molar-refractivity contribution in [2.45, 2.75) is 37.4 Å². The Morgan fingerprint density at radius 1 is 1.52 bits per heavy atom. The quantitative estimate of drug-likeness (QED) is 0.466. The number of H-pyrrole nitrogens is 1. The van der Waals surface area contributed by atoms with E-state index in [1.54, 1.807) is 6.92 Å². The molecule has 2 heterocycles. The number of hydrogen-bond acceptors (Lipinski definition) is 6. The zero-order chi connectivity index (χ0) is 15.8. The number of nitrogens with one attached hydrogen (secondary N) is 1. The monoisotopic (exact) mass is 296 g/mol. The number of aliphatic hydroxyl groups is 3. The number of aliphatic hydroxyl groups excluding tert-OH is 3. The van der Waals surface area contributed by atoms with Gasteiger partial charge in [0.05, 0.1) is 6.61 Å². The van der Waals surface area contributed by atoms with Crippen LogP contribution in [-0.4, -0.2) is 49.3 Å². The van der Waals surface area contributed by atoms with Crippen LogP contribution in [0.25, 0.3) is 0 Å². The molecule has 0 amide bonds. The predicted molar refractivity (Wildman–Crippen MR) is 71.5 cm³/mol. The Kier molecular flexibility index (Phi) is 4.02. The summed E-state index contributed by atoms with van der Waals surface area (Å²) in [5.74, 6) is 2.10. The van der Waals surface area contributed by atoms with Crippen molar-refractivity contribution in [3.05, 3.63) is 32.6 Å². The van der Waals surface area contributed by atoms with E-state index in [-0.39, 0.29) is 0 Å². The van der Waals surface area contributed by atoms with Crippen molar-refractivity contribution >= 4 is 0 Å². The van der Waals surface area contributed by atoms with Crippen LogP contribution in [0.1, 0.15) is 18.7 Å². The molecule has 0 spiro atoms. The highest BCUT2D eigenvalue weighted by Gasteiger charge is 2.54. The lowest BCUT2D eigenvalue weighted by Crippen LogP contribution is -2.45. The molecule has 0 saturated carbocycles. The molecule has 2 rings (SSSR count). The molecule has 114 valence electrons. The van der Waals surface area contributed by atoms with Gasteiger partial charge in [-0.15, -0.1) is 6.42 Å². The van der Waals surface area contributed by atoms with Crippen LogP contribution in [0, 0.1) is 12.3 Å². The lowest BCUT2D eigenvalue weighted by Gasteiger charge is -2.23. The highest BCUT2D eigenvalue weighted by atomic mass is 16.6. The minimum absolute atomic E-state index is 0.307. The van der Waals surface area contributed by atoms with Crippen LogP contribution in [0.15, 0.2) is 15.8 Å². The molecule has 1 aliphatic heterocycles. The van der Waals surface area contributed by atoms with Gasteiger partial charge in [-0.25, -0.2) is 4.79 Å². The Morgan fingerprint density at radius 3 is 2.67 bits per heavy atom. The maximum absolute atomic E-state index is 11.9. The van der Waals surface area contributed by atoms with Crippen molar-refractivity contribution in [3.63, 3.8) is 0 Å². The topological polar surface area (TPSA) is 125 Å².